The summed E-state index contributed by atoms with van der Waals surface area (Å²) >= 11 is 0. The molecule has 3 heterocycles. The van der Waals surface area contributed by atoms with Crippen LogP contribution in [-0.2, 0) is 9.47 Å². The zero-order valence-corrected chi connectivity index (χ0v) is 14.3. The second kappa shape index (κ2) is 7.81. The molecule has 0 aliphatic carbocycles. The molecule has 138 valence electrons. The third kappa shape index (κ3) is 3.85. The van der Waals surface area contributed by atoms with E-state index in [1.807, 2.05) is 24.3 Å². The fourth-order valence-electron chi connectivity index (χ4n) is 2.95. The molecular formula is C17H21N5O4. The van der Waals surface area contributed by atoms with Crippen LogP contribution in [0.1, 0.15) is 24.8 Å². The first-order valence-electron chi connectivity index (χ1n) is 8.75. The van der Waals surface area contributed by atoms with Crippen LogP contribution in [0, 0.1) is 0 Å². The maximum absolute atomic E-state index is 12.4. The van der Waals surface area contributed by atoms with Crippen molar-refractivity contribution in [2.75, 3.05) is 38.2 Å². The molecule has 2 aromatic rings. The monoisotopic (exact) mass is 359 g/mol. The van der Waals surface area contributed by atoms with Gasteiger partial charge in [-0.2, -0.15) is 4.98 Å². The number of nitrogens with one attached hydrogen (secondary N) is 2. The number of anilines is 1. The summed E-state index contributed by atoms with van der Waals surface area (Å²) < 4.78 is 16.2. The summed E-state index contributed by atoms with van der Waals surface area (Å²) in [6.45, 7) is 2.91. The highest BCUT2D eigenvalue weighted by Crippen LogP contribution is 2.29. The summed E-state index contributed by atoms with van der Waals surface area (Å²) in [4.78, 5) is 16.8. The zero-order valence-electron chi connectivity index (χ0n) is 14.3. The number of benzene rings is 1. The molecule has 2 aliphatic heterocycles. The molecule has 0 saturated carbocycles. The molecule has 9 heteroatoms. The summed E-state index contributed by atoms with van der Waals surface area (Å²) in [6.07, 6.45) is 1.78. The zero-order chi connectivity index (χ0) is 17.8. The molecule has 2 amide bonds. The van der Waals surface area contributed by atoms with Gasteiger partial charge in [-0.15, -0.1) is 0 Å². The predicted octanol–water partition coefficient (Wildman–Crippen LogP) is 1.96. The Bertz CT molecular complexity index is 751. The average molecular weight is 359 g/mol. The third-order valence-corrected chi connectivity index (χ3v) is 4.27. The Balaban J connectivity index is 1.45. The molecule has 2 aliphatic rings. The number of rotatable bonds is 3. The Morgan fingerprint density at radius 3 is 3.15 bits per heavy atom. The molecule has 1 unspecified atom stereocenters. The SMILES string of the molecule is O=C(Nc1cccc(-c2noc(C3CCCO3)n2)c1)N1CCOCCN1. The number of amides is 2. The van der Waals surface area contributed by atoms with E-state index in [-0.39, 0.29) is 12.1 Å². The maximum atomic E-state index is 12.4. The summed E-state index contributed by atoms with van der Waals surface area (Å²) in [5.74, 6) is 0.980. The number of carbonyl (C=O) groups excluding carboxylic acids is 1. The standard InChI is InChI=1S/C17H21N5O4/c23-17(22-7-10-24-9-6-18-22)19-13-4-1-3-12(11-13)15-20-16(26-21-15)14-5-2-8-25-14/h1,3-4,11,14,18H,2,5-10H2,(H,19,23). The van der Waals surface area contributed by atoms with Crippen LogP contribution in [0.5, 0.6) is 0 Å². The van der Waals surface area contributed by atoms with Crippen molar-refractivity contribution in [2.45, 2.75) is 18.9 Å². The van der Waals surface area contributed by atoms with Gasteiger partial charge in [0.15, 0.2) is 0 Å². The van der Waals surface area contributed by atoms with E-state index in [1.165, 1.54) is 5.01 Å². The van der Waals surface area contributed by atoms with E-state index in [0.717, 1.165) is 25.0 Å². The van der Waals surface area contributed by atoms with E-state index in [9.17, 15) is 4.79 Å². The second-order valence-electron chi connectivity index (χ2n) is 6.14. The molecule has 0 radical (unpaired) electrons. The number of hydrogen-bond donors (Lipinski definition) is 2. The number of nitrogens with zero attached hydrogens (tertiary/aromatic N) is 3. The Morgan fingerprint density at radius 2 is 2.27 bits per heavy atom. The molecule has 26 heavy (non-hydrogen) atoms. The minimum atomic E-state index is -0.235. The second-order valence-corrected chi connectivity index (χ2v) is 6.14. The van der Waals surface area contributed by atoms with Crippen LogP contribution < -0.4 is 10.7 Å². The predicted molar refractivity (Wildman–Crippen MR) is 92.2 cm³/mol. The van der Waals surface area contributed by atoms with Gasteiger partial charge in [0.2, 0.25) is 5.82 Å². The molecule has 2 N–H and O–H groups in total. The van der Waals surface area contributed by atoms with E-state index in [4.69, 9.17) is 14.0 Å². The third-order valence-electron chi connectivity index (χ3n) is 4.27. The molecule has 1 aromatic carbocycles. The minimum absolute atomic E-state index is 0.115. The number of hydrogen-bond acceptors (Lipinski definition) is 7. The highest BCUT2D eigenvalue weighted by molar-refractivity contribution is 5.89. The number of aromatic nitrogens is 2. The topological polar surface area (TPSA) is 102 Å². The smallest absolute Gasteiger partial charge is 0.336 e. The van der Waals surface area contributed by atoms with E-state index in [1.54, 1.807) is 0 Å². The molecule has 2 fully saturated rings. The van der Waals surface area contributed by atoms with Gasteiger partial charge in [-0.05, 0) is 25.0 Å². The molecule has 4 rings (SSSR count). The number of ether oxygens (including phenoxy) is 2. The fraction of sp³-hybridized carbons (Fsp3) is 0.471. The number of urea groups is 1. The van der Waals surface area contributed by atoms with E-state index >= 15 is 0 Å². The Morgan fingerprint density at radius 1 is 1.31 bits per heavy atom. The first-order chi connectivity index (χ1) is 12.8. The molecule has 0 bridgehead atoms. The van der Waals surface area contributed by atoms with Crippen LogP contribution in [0.4, 0.5) is 10.5 Å². The normalized spacial score (nSPS) is 20.8. The largest absolute Gasteiger partial charge is 0.378 e. The molecule has 2 saturated heterocycles. The van der Waals surface area contributed by atoms with Crippen molar-refractivity contribution in [3.8, 4) is 11.4 Å². The highest BCUT2D eigenvalue weighted by atomic mass is 16.5. The van der Waals surface area contributed by atoms with Crippen LogP contribution in [0.15, 0.2) is 28.8 Å². The quantitative estimate of drug-likeness (QED) is 0.864. The van der Waals surface area contributed by atoms with E-state index in [2.05, 4.69) is 20.9 Å². The van der Waals surface area contributed by atoms with Crippen molar-refractivity contribution in [2.24, 2.45) is 0 Å². The summed E-state index contributed by atoms with van der Waals surface area (Å²) in [6, 6.07) is 7.11. The van der Waals surface area contributed by atoms with Gasteiger partial charge in [0, 0.05) is 24.4 Å². The van der Waals surface area contributed by atoms with E-state index in [0.29, 0.717) is 43.7 Å². The van der Waals surface area contributed by atoms with Crippen LogP contribution in [-0.4, -0.2) is 54.1 Å². The maximum Gasteiger partial charge on any atom is 0.336 e. The molecule has 9 nitrogen and oxygen atoms in total. The lowest BCUT2D eigenvalue weighted by Gasteiger charge is -2.20. The first-order valence-corrected chi connectivity index (χ1v) is 8.75. The van der Waals surface area contributed by atoms with Crippen molar-refractivity contribution in [1.29, 1.82) is 0 Å². The van der Waals surface area contributed by atoms with Gasteiger partial charge in [0.25, 0.3) is 5.89 Å². The fourth-order valence-corrected chi connectivity index (χ4v) is 2.95. The van der Waals surface area contributed by atoms with Crippen molar-refractivity contribution in [3.63, 3.8) is 0 Å². The molecule has 1 atom stereocenters. The van der Waals surface area contributed by atoms with Crippen LogP contribution in [0.2, 0.25) is 0 Å². The van der Waals surface area contributed by atoms with Gasteiger partial charge in [-0.1, -0.05) is 17.3 Å². The minimum Gasteiger partial charge on any atom is -0.378 e. The number of carbonyl (C=O) groups is 1. The van der Waals surface area contributed by atoms with Crippen molar-refractivity contribution in [1.82, 2.24) is 20.6 Å². The Kier molecular flexibility index (Phi) is 5.09. The van der Waals surface area contributed by atoms with Crippen LogP contribution >= 0.6 is 0 Å². The van der Waals surface area contributed by atoms with Crippen LogP contribution in [0.25, 0.3) is 11.4 Å². The van der Waals surface area contributed by atoms with Gasteiger partial charge in [0.1, 0.15) is 6.10 Å². The summed E-state index contributed by atoms with van der Waals surface area (Å²) in [5, 5.41) is 8.42. The van der Waals surface area contributed by atoms with Gasteiger partial charge in [-0.25, -0.2) is 10.2 Å². The van der Waals surface area contributed by atoms with Gasteiger partial charge < -0.3 is 19.3 Å². The van der Waals surface area contributed by atoms with E-state index < -0.39 is 0 Å². The molecule has 0 spiro atoms. The van der Waals surface area contributed by atoms with Crippen molar-refractivity contribution in [3.05, 3.63) is 30.2 Å². The van der Waals surface area contributed by atoms with Crippen LogP contribution in [0.3, 0.4) is 0 Å². The molecular weight excluding hydrogens is 338 g/mol. The summed E-state index contributed by atoms with van der Waals surface area (Å²) in [5.41, 5.74) is 4.45. The Hall–Kier alpha value is -2.49. The number of hydrazine groups is 1. The summed E-state index contributed by atoms with van der Waals surface area (Å²) in [7, 11) is 0. The van der Waals surface area contributed by atoms with Gasteiger partial charge in [-0.3, -0.25) is 5.01 Å². The Labute approximate surface area is 150 Å². The molecule has 1 aromatic heterocycles. The van der Waals surface area contributed by atoms with Crippen molar-refractivity contribution >= 4 is 11.7 Å². The van der Waals surface area contributed by atoms with Gasteiger partial charge >= 0.3 is 6.03 Å². The lowest BCUT2D eigenvalue weighted by atomic mass is 10.2. The van der Waals surface area contributed by atoms with Crippen molar-refractivity contribution < 1.29 is 18.8 Å². The average Bonchev–Trinajstić information content (AvgIpc) is 3.28. The van der Waals surface area contributed by atoms with Gasteiger partial charge in [0.05, 0.1) is 19.8 Å². The highest BCUT2D eigenvalue weighted by Gasteiger charge is 2.24. The lowest BCUT2D eigenvalue weighted by molar-refractivity contribution is 0.0835. The first kappa shape index (κ1) is 17.0. The lowest BCUT2D eigenvalue weighted by Crippen LogP contribution is -2.45.